The van der Waals surface area contributed by atoms with Crippen LogP contribution >= 0.6 is 0 Å². The summed E-state index contributed by atoms with van der Waals surface area (Å²) in [6.45, 7) is 17.6. The first kappa shape index (κ1) is 29.8. The molecule has 0 unspecified atom stereocenters. The molecular weight excluding hydrogens is 526 g/mol. The van der Waals surface area contributed by atoms with Crippen LogP contribution in [0.2, 0.25) is 0 Å². The van der Waals surface area contributed by atoms with Crippen molar-refractivity contribution in [2.45, 2.75) is 91.6 Å². The highest BCUT2D eigenvalue weighted by Crippen LogP contribution is 2.33. The molecule has 0 spiro atoms. The lowest BCUT2D eigenvalue weighted by atomic mass is 9.98. The van der Waals surface area contributed by atoms with Gasteiger partial charge in [-0.3, -0.25) is 9.47 Å². The molecule has 8 nitrogen and oxygen atoms in total. The van der Waals surface area contributed by atoms with Crippen molar-refractivity contribution in [1.29, 1.82) is 0 Å². The Morgan fingerprint density at radius 1 is 1.00 bits per heavy atom. The molecule has 42 heavy (non-hydrogen) atoms. The number of benzene rings is 2. The number of fused-ring (bicyclic) bond motifs is 1. The summed E-state index contributed by atoms with van der Waals surface area (Å²) in [5.74, 6) is 1.02. The summed E-state index contributed by atoms with van der Waals surface area (Å²) < 4.78 is 7.55. The van der Waals surface area contributed by atoms with Gasteiger partial charge in [-0.05, 0) is 64.2 Å². The first-order valence-corrected chi connectivity index (χ1v) is 15.2. The van der Waals surface area contributed by atoms with Gasteiger partial charge in [0, 0.05) is 56.1 Å². The highest BCUT2D eigenvalue weighted by atomic mass is 16.6. The zero-order valence-corrected chi connectivity index (χ0v) is 26.1. The van der Waals surface area contributed by atoms with Crippen LogP contribution in [-0.2, 0) is 24.2 Å². The molecule has 1 saturated heterocycles. The predicted molar refractivity (Wildman–Crippen MR) is 167 cm³/mol. The average Bonchev–Trinajstić information content (AvgIpc) is 2.93. The normalized spacial score (nSPS) is 19.6. The molecule has 8 heteroatoms. The minimum absolute atomic E-state index is 0.0223. The highest BCUT2D eigenvalue weighted by molar-refractivity contribution is 5.69. The Bertz CT molecular complexity index is 1480. The number of aromatic nitrogens is 2. The van der Waals surface area contributed by atoms with Crippen LogP contribution in [0.4, 0.5) is 10.6 Å². The second kappa shape index (κ2) is 11.9. The van der Waals surface area contributed by atoms with E-state index in [1.54, 1.807) is 4.90 Å². The molecule has 0 N–H and O–H groups in total. The minimum atomic E-state index is -0.555. The first-order chi connectivity index (χ1) is 19.9. The van der Waals surface area contributed by atoms with Crippen molar-refractivity contribution >= 4 is 11.9 Å². The van der Waals surface area contributed by atoms with Gasteiger partial charge < -0.3 is 14.5 Å². The van der Waals surface area contributed by atoms with E-state index >= 15 is 0 Å². The van der Waals surface area contributed by atoms with Gasteiger partial charge in [0.2, 0.25) is 0 Å². The van der Waals surface area contributed by atoms with Crippen LogP contribution in [-0.4, -0.2) is 62.8 Å². The third-order valence-electron chi connectivity index (χ3n) is 8.27. The van der Waals surface area contributed by atoms with Crippen LogP contribution in [0.15, 0.2) is 59.4 Å². The molecule has 0 saturated carbocycles. The van der Waals surface area contributed by atoms with E-state index in [4.69, 9.17) is 9.72 Å². The number of hydrogen-bond acceptors (Lipinski definition) is 6. The molecule has 0 aliphatic carbocycles. The molecular formula is C34H45N5O3. The summed E-state index contributed by atoms with van der Waals surface area (Å²) >= 11 is 0. The van der Waals surface area contributed by atoms with Crippen LogP contribution in [0, 0.1) is 0 Å². The Morgan fingerprint density at radius 2 is 1.69 bits per heavy atom. The van der Waals surface area contributed by atoms with Crippen molar-refractivity contribution in [2.24, 2.45) is 0 Å². The number of ether oxygens (including phenoxy) is 1. The molecule has 1 amide bonds. The van der Waals surface area contributed by atoms with E-state index in [2.05, 4.69) is 60.9 Å². The summed E-state index contributed by atoms with van der Waals surface area (Å²) in [7, 11) is 0. The molecule has 1 aromatic heterocycles. The zero-order chi connectivity index (χ0) is 30.2. The maximum Gasteiger partial charge on any atom is 0.410 e. The zero-order valence-electron chi connectivity index (χ0n) is 26.1. The van der Waals surface area contributed by atoms with Gasteiger partial charge in [-0.25, -0.2) is 9.59 Å². The lowest BCUT2D eigenvalue weighted by Crippen LogP contribution is -2.59. The summed E-state index contributed by atoms with van der Waals surface area (Å²) in [5.41, 5.74) is 4.62. The van der Waals surface area contributed by atoms with E-state index in [1.807, 2.05) is 56.5 Å². The van der Waals surface area contributed by atoms with Gasteiger partial charge in [0.1, 0.15) is 11.4 Å². The predicted octanol–water partition coefficient (Wildman–Crippen LogP) is 5.75. The van der Waals surface area contributed by atoms with Crippen LogP contribution in [0.5, 0.6) is 0 Å². The SMILES string of the molecule is CC(C)c1ccccc1-n1c2c(c(N3C[C@@H](C)N(C(=O)OC(C)(C)C)C[C@@H]3C)nc1=O)CCN(Cc1ccccc1)C2. The maximum atomic E-state index is 14.0. The maximum absolute atomic E-state index is 14.0. The van der Waals surface area contributed by atoms with Gasteiger partial charge in [-0.2, -0.15) is 4.98 Å². The Hall–Kier alpha value is -3.65. The molecule has 1 fully saturated rings. The average molecular weight is 572 g/mol. The van der Waals surface area contributed by atoms with E-state index < -0.39 is 5.60 Å². The number of nitrogens with zero attached hydrogens (tertiary/aromatic N) is 5. The third kappa shape index (κ3) is 6.24. The number of carbonyl (C=O) groups is 1. The molecule has 0 bridgehead atoms. The van der Waals surface area contributed by atoms with Gasteiger partial charge in [0.15, 0.2) is 0 Å². The van der Waals surface area contributed by atoms with Crippen molar-refractivity contribution in [1.82, 2.24) is 19.4 Å². The first-order valence-electron chi connectivity index (χ1n) is 15.2. The fourth-order valence-electron chi connectivity index (χ4n) is 6.21. The summed E-state index contributed by atoms with van der Waals surface area (Å²) in [6.07, 6.45) is 0.496. The molecule has 2 aliphatic rings. The number of amides is 1. The highest BCUT2D eigenvalue weighted by Gasteiger charge is 2.37. The van der Waals surface area contributed by atoms with E-state index in [0.29, 0.717) is 19.6 Å². The smallest absolute Gasteiger partial charge is 0.410 e. The van der Waals surface area contributed by atoms with Crippen molar-refractivity contribution in [3.8, 4) is 5.69 Å². The topological polar surface area (TPSA) is 70.9 Å². The monoisotopic (exact) mass is 571 g/mol. The number of hydrogen-bond donors (Lipinski definition) is 0. The van der Waals surface area contributed by atoms with Gasteiger partial charge in [0.25, 0.3) is 0 Å². The lowest BCUT2D eigenvalue weighted by Gasteiger charge is -2.45. The van der Waals surface area contributed by atoms with Crippen molar-refractivity contribution in [3.63, 3.8) is 0 Å². The van der Waals surface area contributed by atoms with Gasteiger partial charge in [-0.15, -0.1) is 0 Å². The van der Waals surface area contributed by atoms with Gasteiger partial charge in [-0.1, -0.05) is 62.4 Å². The molecule has 2 aromatic carbocycles. The Labute approximate surface area is 249 Å². The molecule has 3 aromatic rings. The second-order valence-corrected chi connectivity index (χ2v) is 13.1. The second-order valence-electron chi connectivity index (χ2n) is 13.1. The number of para-hydroxylation sites is 1. The lowest BCUT2D eigenvalue weighted by molar-refractivity contribution is 0.0129. The molecule has 224 valence electrons. The number of carbonyl (C=O) groups excluding carboxylic acids is 1. The largest absolute Gasteiger partial charge is 0.444 e. The number of piperazine rings is 1. The van der Waals surface area contributed by atoms with E-state index in [-0.39, 0.29) is 29.8 Å². The van der Waals surface area contributed by atoms with Crippen molar-refractivity contribution in [3.05, 3.63) is 87.5 Å². The fourth-order valence-corrected chi connectivity index (χ4v) is 6.21. The number of anilines is 1. The van der Waals surface area contributed by atoms with Crippen LogP contribution in [0.1, 0.15) is 76.8 Å². The standard InChI is InChI=1S/C34H45N5O3/c1-23(2)27-15-11-12-16-29(27)39-30-22-36(21-26-13-9-8-10-14-26)18-17-28(30)31(35-32(39)40)37-19-25(4)38(20-24(37)3)33(41)42-34(5,6)7/h8-16,23-25H,17-22H2,1-7H3/t24-,25+/m0/s1. The Balaban J connectivity index is 1.55. The van der Waals surface area contributed by atoms with Crippen LogP contribution < -0.4 is 10.6 Å². The van der Waals surface area contributed by atoms with Gasteiger partial charge in [0.05, 0.1) is 5.69 Å². The van der Waals surface area contributed by atoms with E-state index in [1.165, 1.54) is 5.56 Å². The molecule has 3 heterocycles. The molecule has 0 radical (unpaired) electrons. The minimum Gasteiger partial charge on any atom is -0.444 e. The third-order valence-corrected chi connectivity index (χ3v) is 8.27. The quantitative estimate of drug-likeness (QED) is 0.389. The summed E-state index contributed by atoms with van der Waals surface area (Å²) in [4.78, 5) is 38.3. The fraction of sp³-hybridized carbons (Fsp3) is 0.500. The van der Waals surface area contributed by atoms with E-state index in [0.717, 1.165) is 47.8 Å². The Kier molecular flexibility index (Phi) is 8.46. The Morgan fingerprint density at radius 3 is 2.38 bits per heavy atom. The summed E-state index contributed by atoms with van der Waals surface area (Å²) in [5, 5.41) is 0. The molecule has 2 atom stereocenters. The van der Waals surface area contributed by atoms with Crippen molar-refractivity contribution in [2.75, 3.05) is 24.5 Å². The van der Waals surface area contributed by atoms with E-state index in [9.17, 15) is 9.59 Å². The molecule has 2 aliphatic heterocycles. The summed E-state index contributed by atoms with van der Waals surface area (Å²) in [6, 6.07) is 18.6. The molecule has 5 rings (SSSR count). The van der Waals surface area contributed by atoms with Crippen molar-refractivity contribution < 1.29 is 9.53 Å². The van der Waals surface area contributed by atoms with Crippen LogP contribution in [0.3, 0.4) is 0 Å². The van der Waals surface area contributed by atoms with Crippen LogP contribution in [0.25, 0.3) is 5.69 Å². The van der Waals surface area contributed by atoms with Gasteiger partial charge >= 0.3 is 11.8 Å². The number of rotatable bonds is 5.